The predicted octanol–water partition coefficient (Wildman–Crippen LogP) is 2.10. The molecule has 2 aromatic rings. The molecule has 0 saturated carbocycles. The van der Waals surface area contributed by atoms with E-state index in [2.05, 4.69) is 9.97 Å². The molecule has 0 amide bonds. The lowest BCUT2D eigenvalue weighted by atomic mass is 10.2. The summed E-state index contributed by atoms with van der Waals surface area (Å²) in [6, 6.07) is 1.91. The van der Waals surface area contributed by atoms with Gasteiger partial charge in [0.05, 0.1) is 18.4 Å². The van der Waals surface area contributed by atoms with Crippen molar-refractivity contribution in [2.75, 3.05) is 12.4 Å². The number of thioether (sulfide) groups is 1. The number of imidazole rings is 1. The van der Waals surface area contributed by atoms with Gasteiger partial charge < -0.3 is 14.4 Å². The summed E-state index contributed by atoms with van der Waals surface area (Å²) in [4.78, 5) is 19.8. The molecule has 1 unspecified atom stereocenters. The molecule has 112 valence electrons. The molecule has 0 spiro atoms. The van der Waals surface area contributed by atoms with Crippen LogP contribution in [0.3, 0.4) is 0 Å². The largest absolute Gasteiger partial charge is 0.481 e. The van der Waals surface area contributed by atoms with Crippen molar-refractivity contribution in [3.63, 3.8) is 0 Å². The lowest BCUT2D eigenvalue weighted by molar-refractivity contribution is -0.133. The van der Waals surface area contributed by atoms with Crippen molar-refractivity contribution in [3.8, 4) is 0 Å². The average molecular weight is 307 g/mol. The number of rotatable bonds is 5. The molecule has 0 radical (unpaired) electrons. The van der Waals surface area contributed by atoms with Gasteiger partial charge in [0, 0.05) is 12.8 Å². The predicted molar refractivity (Wildman–Crippen MR) is 79.6 cm³/mol. The van der Waals surface area contributed by atoms with Crippen LogP contribution in [0.4, 0.5) is 0 Å². The molecule has 3 heterocycles. The molecule has 21 heavy (non-hydrogen) atoms. The number of fused-ring (bicyclic) bond motifs is 1. The molecule has 2 aromatic heterocycles. The fourth-order valence-electron chi connectivity index (χ4n) is 2.51. The van der Waals surface area contributed by atoms with Crippen LogP contribution < -0.4 is 0 Å². The lowest BCUT2D eigenvalue weighted by Gasteiger charge is -2.13. The van der Waals surface area contributed by atoms with Gasteiger partial charge in [-0.15, -0.1) is 0 Å². The maximum atomic E-state index is 10.8. The Hall–Kier alpha value is -1.60. The highest BCUT2D eigenvalue weighted by Crippen LogP contribution is 2.26. The molecule has 3 rings (SSSR count). The summed E-state index contributed by atoms with van der Waals surface area (Å²) >= 11 is 1.23. The fraction of sp³-hybridized carbons (Fsp3) is 0.500. The first-order chi connectivity index (χ1) is 10.1. The monoisotopic (exact) mass is 307 g/mol. The highest BCUT2D eigenvalue weighted by atomic mass is 32.2. The molecule has 1 aliphatic rings. The minimum Gasteiger partial charge on any atom is -0.481 e. The van der Waals surface area contributed by atoms with Crippen molar-refractivity contribution in [1.29, 1.82) is 0 Å². The van der Waals surface area contributed by atoms with Gasteiger partial charge in [-0.2, -0.15) is 0 Å². The Kier molecular flexibility index (Phi) is 4.12. The summed E-state index contributed by atoms with van der Waals surface area (Å²) in [7, 11) is 0. The Morgan fingerprint density at radius 2 is 2.48 bits per heavy atom. The normalized spacial score (nSPS) is 18.4. The van der Waals surface area contributed by atoms with Crippen molar-refractivity contribution in [2.24, 2.45) is 0 Å². The van der Waals surface area contributed by atoms with E-state index in [1.807, 2.05) is 17.6 Å². The molecule has 7 heteroatoms. The summed E-state index contributed by atoms with van der Waals surface area (Å²) in [6.45, 7) is 3.45. The first-order valence-corrected chi connectivity index (χ1v) is 7.92. The number of aryl methyl sites for hydroxylation is 1. The zero-order chi connectivity index (χ0) is 14.8. The van der Waals surface area contributed by atoms with E-state index in [0.29, 0.717) is 11.7 Å². The van der Waals surface area contributed by atoms with Gasteiger partial charge in [-0.05, 0) is 31.4 Å². The number of pyridine rings is 1. The number of nitrogens with zero attached hydrogens (tertiary/aromatic N) is 3. The van der Waals surface area contributed by atoms with E-state index in [-0.39, 0.29) is 11.9 Å². The van der Waals surface area contributed by atoms with Crippen LogP contribution in [0.15, 0.2) is 17.4 Å². The van der Waals surface area contributed by atoms with Crippen LogP contribution >= 0.6 is 11.8 Å². The van der Waals surface area contributed by atoms with Crippen LogP contribution in [0.25, 0.3) is 11.2 Å². The van der Waals surface area contributed by atoms with E-state index >= 15 is 0 Å². The van der Waals surface area contributed by atoms with Crippen molar-refractivity contribution in [2.45, 2.75) is 37.6 Å². The molecule has 1 aliphatic heterocycles. The van der Waals surface area contributed by atoms with Crippen LogP contribution in [0.2, 0.25) is 0 Å². The molecule has 1 fully saturated rings. The Bertz CT molecular complexity index is 665. The van der Waals surface area contributed by atoms with Gasteiger partial charge in [0.1, 0.15) is 5.52 Å². The van der Waals surface area contributed by atoms with Gasteiger partial charge in [-0.1, -0.05) is 11.8 Å². The van der Waals surface area contributed by atoms with Gasteiger partial charge in [0.2, 0.25) is 0 Å². The van der Waals surface area contributed by atoms with Gasteiger partial charge in [0.15, 0.2) is 10.8 Å². The molecule has 0 aromatic carbocycles. The van der Waals surface area contributed by atoms with Gasteiger partial charge in [0.25, 0.3) is 0 Å². The molecule has 1 saturated heterocycles. The van der Waals surface area contributed by atoms with E-state index in [4.69, 9.17) is 9.84 Å². The number of ether oxygens (including phenoxy) is 1. The standard InChI is InChI=1S/C14H17N3O3S/c1-9-4-5-15-13-12(9)16-14(21-8-11(18)19)17(13)7-10-3-2-6-20-10/h4-5,10H,2-3,6-8H2,1H3,(H,18,19). The van der Waals surface area contributed by atoms with Crippen molar-refractivity contribution in [3.05, 3.63) is 17.8 Å². The topological polar surface area (TPSA) is 77.2 Å². The van der Waals surface area contributed by atoms with Crippen LogP contribution in [0.1, 0.15) is 18.4 Å². The van der Waals surface area contributed by atoms with E-state index in [1.165, 1.54) is 11.8 Å². The number of hydrogen-bond acceptors (Lipinski definition) is 5. The smallest absolute Gasteiger partial charge is 0.313 e. The number of carbonyl (C=O) groups is 1. The molecule has 1 atom stereocenters. The third-order valence-corrected chi connectivity index (χ3v) is 4.50. The zero-order valence-electron chi connectivity index (χ0n) is 11.8. The summed E-state index contributed by atoms with van der Waals surface area (Å²) < 4.78 is 7.68. The second-order valence-electron chi connectivity index (χ2n) is 5.12. The number of hydrogen-bond donors (Lipinski definition) is 1. The number of carboxylic acids is 1. The highest BCUT2D eigenvalue weighted by Gasteiger charge is 2.21. The fourth-order valence-corrected chi connectivity index (χ4v) is 3.24. The zero-order valence-corrected chi connectivity index (χ0v) is 12.6. The van der Waals surface area contributed by atoms with E-state index in [0.717, 1.165) is 36.2 Å². The highest BCUT2D eigenvalue weighted by molar-refractivity contribution is 7.99. The van der Waals surface area contributed by atoms with Crippen LogP contribution in [0.5, 0.6) is 0 Å². The van der Waals surface area contributed by atoms with E-state index < -0.39 is 5.97 Å². The third kappa shape index (κ3) is 3.03. The van der Waals surface area contributed by atoms with E-state index in [1.54, 1.807) is 6.20 Å². The van der Waals surface area contributed by atoms with E-state index in [9.17, 15) is 4.79 Å². The van der Waals surface area contributed by atoms with Gasteiger partial charge in [-0.3, -0.25) is 4.79 Å². The van der Waals surface area contributed by atoms with Crippen LogP contribution in [-0.2, 0) is 16.1 Å². The lowest BCUT2D eigenvalue weighted by Crippen LogP contribution is -2.16. The molecular weight excluding hydrogens is 290 g/mol. The van der Waals surface area contributed by atoms with Crippen LogP contribution in [0, 0.1) is 6.92 Å². The summed E-state index contributed by atoms with van der Waals surface area (Å²) in [5.74, 6) is -0.853. The summed E-state index contributed by atoms with van der Waals surface area (Å²) in [5, 5.41) is 9.58. The van der Waals surface area contributed by atoms with Crippen LogP contribution in [-0.4, -0.2) is 44.1 Å². The number of aliphatic carboxylic acids is 1. The molecule has 0 bridgehead atoms. The SMILES string of the molecule is Cc1ccnc2c1nc(SCC(=O)O)n2CC1CCCO1. The number of aromatic nitrogens is 3. The quantitative estimate of drug-likeness (QED) is 0.852. The maximum absolute atomic E-state index is 10.8. The second-order valence-corrected chi connectivity index (χ2v) is 6.06. The summed E-state index contributed by atoms with van der Waals surface area (Å²) in [5.41, 5.74) is 2.69. The van der Waals surface area contributed by atoms with Gasteiger partial charge in [-0.25, -0.2) is 9.97 Å². The third-order valence-electron chi connectivity index (χ3n) is 3.54. The van der Waals surface area contributed by atoms with Crippen molar-refractivity contribution in [1.82, 2.24) is 14.5 Å². The first-order valence-electron chi connectivity index (χ1n) is 6.93. The molecule has 1 N–H and O–H groups in total. The Morgan fingerprint density at radius 1 is 1.62 bits per heavy atom. The molecule has 6 nitrogen and oxygen atoms in total. The molecular formula is C14H17N3O3S. The van der Waals surface area contributed by atoms with Crippen molar-refractivity contribution >= 4 is 28.9 Å². The minimum absolute atomic E-state index is 0.00606. The first kappa shape index (κ1) is 14.3. The molecule has 0 aliphatic carbocycles. The minimum atomic E-state index is -0.847. The second kappa shape index (κ2) is 6.03. The Morgan fingerprint density at radius 3 is 3.19 bits per heavy atom. The summed E-state index contributed by atoms with van der Waals surface area (Å²) in [6.07, 6.45) is 4.02. The Balaban J connectivity index is 1.97. The van der Waals surface area contributed by atoms with Gasteiger partial charge >= 0.3 is 5.97 Å². The maximum Gasteiger partial charge on any atom is 0.313 e. The van der Waals surface area contributed by atoms with Crippen molar-refractivity contribution < 1.29 is 14.6 Å². The average Bonchev–Trinajstić information content (AvgIpc) is 3.07. The number of carboxylic acid groups (broad SMARTS) is 1. The Labute approximate surface area is 126 Å².